The van der Waals surface area contributed by atoms with E-state index in [9.17, 15) is 0 Å². The fourth-order valence-corrected chi connectivity index (χ4v) is 3.96. The topological polar surface area (TPSA) is 25.8 Å². The van der Waals surface area contributed by atoms with E-state index in [0.717, 1.165) is 5.82 Å². The molecule has 0 unspecified atom stereocenters. The van der Waals surface area contributed by atoms with Crippen molar-refractivity contribution in [3.05, 3.63) is 10.8 Å². The Balaban J connectivity index is 2.10. The van der Waals surface area contributed by atoms with Gasteiger partial charge in [0, 0.05) is 5.92 Å². The van der Waals surface area contributed by atoms with E-state index in [1.54, 1.807) is 11.5 Å². The van der Waals surface area contributed by atoms with Crippen molar-refractivity contribution in [3.8, 4) is 0 Å². The Morgan fingerprint density at radius 2 is 1.53 bits per heavy atom. The van der Waals surface area contributed by atoms with Crippen LogP contribution in [-0.2, 0) is 5.31 Å². The highest BCUT2D eigenvalue weighted by molar-refractivity contribution is 7.05. The van der Waals surface area contributed by atoms with Gasteiger partial charge in [0.05, 0.1) is 0 Å². The molecule has 0 bridgehead atoms. The summed E-state index contributed by atoms with van der Waals surface area (Å²) in [5.74, 6) is 1.49. The summed E-state index contributed by atoms with van der Waals surface area (Å²) in [5.41, 5.74) is 0. The van der Waals surface area contributed by atoms with Gasteiger partial charge < -0.3 is 0 Å². The molecular weight excluding hydrogens is 251 g/mol. The second-order valence-electron chi connectivity index (χ2n) is 6.65. The van der Waals surface area contributed by atoms with Gasteiger partial charge in [-0.3, -0.25) is 0 Å². The number of hydrogen-bond acceptors (Lipinski definition) is 3. The monoisotopic (exact) mass is 278 g/mol. The van der Waals surface area contributed by atoms with Gasteiger partial charge in [0.15, 0.2) is 0 Å². The van der Waals surface area contributed by atoms with E-state index in [-0.39, 0.29) is 5.31 Å². The average molecular weight is 278 g/mol. The zero-order chi connectivity index (χ0) is 13.7. The van der Waals surface area contributed by atoms with Crippen LogP contribution < -0.4 is 0 Å². The molecule has 0 spiro atoms. The summed E-state index contributed by atoms with van der Waals surface area (Å²) < 4.78 is 4.56. The zero-order valence-corrected chi connectivity index (χ0v) is 13.6. The molecule has 0 aliphatic heterocycles. The molecule has 1 saturated carbocycles. The van der Waals surface area contributed by atoms with Gasteiger partial charge in [-0.15, -0.1) is 0 Å². The Bertz CT molecular complexity index is 379. The smallest absolute Gasteiger partial charge is 0.145 e. The lowest BCUT2D eigenvalue weighted by Gasteiger charge is -2.28. The van der Waals surface area contributed by atoms with Crippen molar-refractivity contribution in [2.75, 3.05) is 0 Å². The average Bonchev–Trinajstić information content (AvgIpc) is 2.88. The molecule has 0 amide bonds. The molecule has 1 aromatic heterocycles. The largest absolute Gasteiger partial charge is 0.224 e. The molecule has 1 aliphatic carbocycles. The quantitative estimate of drug-likeness (QED) is 0.764. The third-order valence-corrected chi connectivity index (χ3v) is 5.47. The Hall–Kier alpha value is -0.375. The van der Waals surface area contributed by atoms with E-state index < -0.39 is 0 Å². The minimum Gasteiger partial charge on any atom is -0.224 e. The molecule has 0 radical (unpaired) electrons. The maximum absolute atomic E-state index is 4.84. The molecule has 0 atom stereocenters. The van der Waals surface area contributed by atoms with Crippen molar-refractivity contribution >= 4 is 19.4 Å². The predicted molar refractivity (Wildman–Crippen MR) is 85.8 cm³/mol. The molecule has 0 aromatic carbocycles. The molecule has 106 valence electrons. The molecule has 1 heterocycles. The first-order valence-corrected chi connectivity index (χ1v) is 8.73. The van der Waals surface area contributed by atoms with E-state index >= 15 is 0 Å². The summed E-state index contributed by atoms with van der Waals surface area (Å²) in [6.07, 6.45) is 12.4. The molecule has 0 N–H and O–H groups in total. The molecule has 1 aromatic rings. The van der Waals surface area contributed by atoms with Gasteiger partial charge in [-0.25, -0.2) is 4.98 Å². The van der Waals surface area contributed by atoms with Crippen LogP contribution in [0.3, 0.4) is 0 Å². The van der Waals surface area contributed by atoms with Crippen molar-refractivity contribution < 1.29 is 0 Å². The molecule has 2 rings (SSSR count). The molecule has 19 heavy (non-hydrogen) atoms. The van der Waals surface area contributed by atoms with Gasteiger partial charge in [0.1, 0.15) is 18.7 Å². The molecule has 0 saturated heterocycles. The van der Waals surface area contributed by atoms with Gasteiger partial charge >= 0.3 is 0 Å². The van der Waals surface area contributed by atoms with Gasteiger partial charge in [-0.1, -0.05) is 58.8 Å². The number of aromatic nitrogens is 2. The van der Waals surface area contributed by atoms with E-state index in [1.807, 2.05) is 0 Å². The fourth-order valence-electron chi connectivity index (χ4n) is 2.97. The second kappa shape index (κ2) is 6.87. The third-order valence-electron chi connectivity index (χ3n) is 4.43. The molecular formula is C15H27BN2S. The predicted octanol–water partition coefficient (Wildman–Crippen LogP) is 4.01. The highest BCUT2D eigenvalue weighted by Gasteiger charge is 2.30. The zero-order valence-electron chi connectivity index (χ0n) is 12.7. The first-order chi connectivity index (χ1) is 9.12. The minimum atomic E-state index is 0.280. The first-order valence-electron chi connectivity index (χ1n) is 7.96. The fraction of sp³-hybridized carbons (Fsp3) is 0.867. The Labute approximate surface area is 123 Å². The SMILES string of the molecule is BC1(c2nc(C(C)C)ns2)CCCCCCCCC1. The van der Waals surface area contributed by atoms with E-state index in [2.05, 4.69) is 26.1 Å². The van der Waals surface area contributed by atoms with E-state index in [1.165, 1.54) is 62.8 Å². The number of rotatable bonds is 2. The summed E-state index contributed by atoms with van der Waals surface area (Å²) in [6, 6.07) is 0. The molecule has 1 aliphatic rings. The van der Waals surface area contributed by atoms with Crippen LogP contribution in [0.25, 0.3) is 0 Å². The van der Waals surface area contributed by atoms with Gasteiger partial charge in [0.25, 0.3) is 0 Å². The van der Waals surface area contributed by atoms with Crippen LogP contribution in [0.5, 0.6) is 0 Å². The molecule has 1 fully saturated rings. The van der Waals surface area contributed by atoms with Gasteiger partial charge in [-0.05, 0) is 29.7 Å². The van der Waals surface area contributed by atoms with Crippen LogP contribution in [-0.4, -0.2) is 17.2 Å². The van der Waals surface area contributed by atoms with Crippen LogP contribution >= 0.6 is 11.5 Å². The van der Waals surface area contributed by atoms with Crippen molar-refractivity contribution in [3.63, 3.8) is 0 Å². The van der Waals surface area contributed by atoms with Crippen LogP contribution in [0.4, 0.5) is 0 Å². The maximum Gasteiger partial charge on any atom is 0.145 e. The van der Waals surface area contributed by atoms with Crippen molar-refractivity contribution in [2.45, 2.75) is 82.9 Å². The van der Waals surface area contributed by atoms with Gasteiger partial charge in [0.2, 0.25) is 0 Å². The lowest BCUT2D eigenvalue weighted by Crippen LogP contribution is -2.27. The summed E-state index contributed by atoms with van der Waals surface area (Å²) in [4.78, 5) is 4.84. The Morgan fingerprint density at radius 1 is 1.00 bits per heavy atom. The Kier molecular flexibility index (Phi) is 5.43. The summed E-state index contributed by atoms with van der Waals surface area (Å²) >= 11 is 1.65. The first kappa shape index (κ1) is 15.0. The maximum atomic E-state index is 4.84. The van der Waals surface area contributed by atoms with Crippen LogP contribution in [0.15, 0.2) is 0 Å². The normalized spacial score (nSPS) is 21.4. The molecule has 4 heteroatoms. The minimum absolute atomic E-state index is 0.280. The van der Waals surface area contributed by atoms with Crippen LogP contribution in [0, 0.1) is 0 Å². The standard InChI is InChI=1S/C15H27BN2S/c1-12(2)13-17-14(19-18-13)15(16)10-8-6-4-3-5-7-9-11-15/h12H,3-11,16H2,1-2H3. The lowest BCUT2D eigenvalue weighted by atomic mass is 9.63. The van der Waals surface area contributed by atoms with E-state index in [4.69, 9.17) is 4.98 Å². The number of hydrogen-bond donors (Lipinski definition) is 0. The summed E-state index contributed by atoms with van der Waals surface area (Å²) in [7, 11) is 2.42. The molecule has 2 nitrogen and oxygen atoms in total. The third kappa shape index (κ3) is 4.04. The van der Waals surface area contributed by atoms with Crippen LogP contribution in [0.2, 0.25) is 0 Å². The van der Waals surface area contributed by atoms with E-state index in [0.29, 0.717) is 5.92 Å². The van der Waals surface area contributed by atoms with Crippen molar-refractivity contribution in [1.82, 2.24) is 9.36 Å². The van der Waals surface area contributed by atoms with Crippen molar-refractivity contribution in [2.24, 2.45) is 0 Å². The Morgan fingerprint density at radius 3 is 2.00 bits per heavy atom. The van der Waals surface area contributed by atoms with Crippen molar-refractivity contribution in [1.29, 1.82) is 0 Å². The highest BCUT2D eigenvalue weighted by Crippen LogP contribution is 2.35. The highest BCUT2D eigenvalue weighted by atomic mass is 32.1. The second-order valence-corrected chi connectivity index (χ2v) is 7.40. The number of nitrogens with zero attached hydrogens (tertiary/aromatic N) is 2. The lowest BCUT2D eigenvalue weighted by molar-refractivity contribution is 0.423. The summed E-state index contributed by atoms with van der Waals surface area (Å²) in [6.45, 7) is 4.36. The summed E-state index contributed by atoms with van der Waals surface area (Å²) in [5, 5.41) is 1.57. The van der Waals surface area contributed by atoms with Crippen LogP contribution in [0.1, 0.15) is 88.4 Å². The van der Waals surface area contributed by atoms with Gasteiger partial charge in [-0.2, -0.15) is 4.37 Å².